The number of hydrogen-bond donors (Lipinski definition) is 2. The second-order valence-electron chi connectivity index (χ2n) is 7.43. The normalized spacial score (nSPS) is 25.6. The maximum absolute atomic E-state index is 12.4. The van der Waals surface area contributed by atoms with Crippen molar-refractivity contribution in [2.45, 2.75) is 39.2 Å². The predicted molar refractivity (Wildman–Crippen MR) is 97.4 cm³/mol. The lowest BCUT2D eigenvalue weighted by atomic mass is 9.96. The van der Waals surface area contributed by atoms with E-state index in [-0.39, 0.29) is 11.9 Å². The number of benzene rings is 1. The fraction of sp³-hybridized carbons (Fsp3) is 0.632. The predicted octanol–water partition coefficient (Wildman–Crippen LogP) is 3.16. The summed E-state index contributed by atoms with van der Waals surface area (Å²) in [6.07, 6.45) is 2.87. The zero-order valence-electron chi connectivity index (χ0n) is 14.7. The fourth-order valence-electron chi connectivity index (χ4n) is 3.48. The topological polar surface area (TPSA) is 55.8 Å². The number of aliphatic hydroxyl groups excluding tert-OH is 1. The van der Waals surface area contributed by atoms with E-state index in [1.165, 1.54) is 18.5 Å². The van der Waals surface area contributed by atoms with Crippen molar-refractivity contribution in [2.75, 3.05) is 36.4 Å². The lowest BCUT2D eigenvalue weighted by Crippen LogP contribution is -2.47. The first-order chi connectivity index (χ1) is 11.5. The molecule has 2 saturated heterocycles. The molecule has 2 fully saturated rings. The van der Waals surface area contributed by atoms with Gasteiger partial charge in [-0.3, -0.25) is 0 Å². The van der Waals surface area contributed by atoms with Crippen molar-refractivity contribution in [1.82, 2.24) is 4.90 Å². The minimum absolute atomic E-state index is 0.120. The summed E-state index contributed by atoms with van der Waals surface area (Å²) in [6, 6.07) is 7.97. The van der Waals surface area contributed by atoms with E-state index in [0.717, 1.165) is 31.1 Å². The van der Waals surface area contributed by atoms with Crippen molar-refractivity contribution in [3.63, 3.8) is 0 Å². The number of piperidine rings is 2. The number of carbonyl (C=O) groups excluding carboxylic acids is 1. The third-order valence-electron chi connectivity index (χ3n) is 5.45. The maximum atomic E-state index is 12.4. The highest BCUT2D eigenvalue weighted by Gasteiger charge is 2.27. The van der Waals surface area contributed by atoms with Gasteiger partial charge in [0.1, 0.15) is 0 Å². The first-order valence-corrected chi connectivity index (χ1v) is 9.12. The molecule has 24 heavy (non-hydrogen) atoms. The van der Waals surface area contributed by atoms with Crippen LogP contribution in [0, 0.1) is 11.8 Å². The van der Waals surface area contributed by atoms with Crippen LogP contribution in [0.1, 0.15) is 33.1 Å². The minimum Gasteiger partial charge on any atom is -0.391 e. The third kappa shape index (κ3) is 4.01. The largest absolute Gasteiger partial charge is 0.391 e. The zero-order valence-corrected chi connectivity index (χ0v) is 14.7. The number of anilines is 2. The minimum atomic E-state index is -0.425. The Morgan fingerprint density at radius 2 is 1.92 bits per heavy atom. The average molecular weight is 331 g/mol. The standard InChI is InChI=1S/C19H29N3O2/c1-14-6-9-21(10-7-14)17-5-3-4-16(12-17)20-19(24)22-11-8-15(2)18(23)13-22/h3-5,12,14-15,18,23H,6-11,13H2,1-2H3,(H,20,24). The highest BCUT2D eigenvalue weighted by atomic mass is 16.3. The number of carbonyl (C=O) groups is 1. The molecule has 2 heterocycles. The van der Waals surface area contributed by atoms with Gasteiger partial charge in [0.05, 0.1) is 6.10 Å². The van der Waals surface area contributed by atoms with E-state index >= 15 is 0 Å². The van der Waals surface area contributed by atoms with Gasteiger partial charge in [0.2, 0.25) is 0 Å². The Morgan fingerprint density at radius 1 is 1.17 bits per heavy atom. The summed E-state index contributed by atoms with van der Waals surface area (Å²) in [6.45, 7) is 7.61. The van der Waals surface area contributed by atoms with Crippen molar-refractivity contribution in [2.24, 2.45) is 11.8 Å². The summed E-state index contributed by atoms with van der Waals surface area (Å²) in [4.78, 5) is 16.5. The molecule has 0 aliphatic carbocycles. The molecule has 2 aliphatic heterocycles. The number of rotatable bonds is 2. The number of urea groups is 1. The van der Waals surface area contributed by atoms with Gasteiger partial charge in [-0.05, 0) is 49.3 Å². The number of nitrogens with one attached hydrogen (secondary N) is 1. The molecule has 5 heteroatoms. The van der Waals surface area contributed by atoms with Crippen molar-refractivity contribution in [3.8, 4) is 0 Å². The van der Waals surface area contributed by atoms with Crippen molar-refractivity contribution in [3.05, 3.63) is 24.3 Å². The molecular formula is C19H29N3O2. The molecule has 2 atom stereocenters. The molecule has 0 aromatic heterocycles. The monoisotopic (exact) mass is 331 g/mol. The number of hydrogen-bond acceptors (Lipinski definition) is 3. The quantitative estimate of drug-likeness (QED) is 0.875. The van der Waals surface area contributed by atoms with Crippen LogP contribution < -0.4 is 10.2 Å². The van der Waals surface area contributed by atoms with Crippen molar-refractivity contribution in [1.29, 1.82) is 0 Å². The smallest absolute Gasteiger partial charge is 0.321 e. The summed E-state index contributed by atoms with van der Waals surface area (Å²) in [5.74, 6) is 1.07. The van der Waals surface area contributed by atoms with Gasteiger partial charge >= 0.3 is 6.03 Å². The Hall–Kier alpha value is -1.75. The molecule has 2 unspecified atom stereocenters. The molecule has 2 N–H and O–H groups in total. The van der Waals surface area contributed by atoms with Crippen molar-refractivity contribution < 1.29 is 9.90 Å². The molecule has 0 spiro atoms. The van der Waals surface area contributed by atoms with E-state index < -0.39 is 6.10 Å². The van der Waals surface area contributed by atoms with Gasteiger partial charge in [-0.25, -0.2) is 4.79 Å². The van der Waals surface area contributed by atoms with E-state index in [9.17, 15) is 9.90 Å². The SMILES string of the molecule is CC1CCN(c2cccc(NC(=O)N3CCC(C)C(O)C3)c2)CC1. The van der Waals surface area contributed by atoms with Crippen LogP contribution in [-0.2, 0) is 0 Å². The van der Waals surface area contributed by atoms with Crippen LogP contribution in [0.15, 0.2) is 24.3 Å². The molecule has 3 rings (SSSR count). The average Bonchev–Trinajstić information content (AvgIpc) is 2.58. The first-order valence-electron chi connectivity index (χ1n) is 9.12. The summed E-state index contributed by atoms with van der Waals surface area (Å²) in [7, 11) is 0. The molecule has 0 bridgehead atoms. The molecule has 1 aromatic carbocycles. The van der Waals surface area contributed by atoms with Crippen LogP contribution in [-0.4, -0.2) is 48.3 Å². The third-order valence-corrected chi connectivity index (χ3v) is 5.45. The van der Waals surface area contributed by atoms with Gasteiger partial charge in [0.25, 0.3) is 0 Å². The van der Waals surface area contributed by atoms with Crippen LogP contribution in [0.4, 0.5) is 16.2 Å². The number of β-amino-alcohol motifs (C(OH)–C–C–N with tert-alkyl or cyclic N) is 1. The van der Waals surface area contributed by atoms with Gasteiger partial charge < -0.3 is 20.2 Å². The first kappa shape index (κ1) is 17.1. The van der Waals surface area contributed by atoms with Gasteiger partial charge in [-0.15, -0.1) is 0 Å². The number of aliphatic hydroxyl groups is 1. The van der Waals surface area contributed by atoms with Crippen LogP contribution in [0.3, 0.4) is 0 Å². The fourth-order valence-corrected chi connectivity index (χ4v) is 3.48. The summed E-state index contributed by atoms with van der Waals surface area (Å²) >= 11 is 0. The molecule has 2 amide bonds. The molecular weight excluding hydrogens is 302 g/mol. The Labute approximate surface area is 144 Å². The van der Waals surface area contributed by atoms with E-state index in [1.807, 2.05) is 19.1 Å². The highest BCUT2D eigenvalue weighted by Crippen LogP contribution is 2.25. The lowest BCUT2D eigenvalue weighted by Gasteiger charge is -2.34. The molecule has 2 aliphatic rings. The van der Waals surface area contributed by atoms with Gasteiger partial charge in [-0.1, -0.05) is 19.9 Å². The summed E-state index contributed by atoms with van der Waals surface area (Å²) in [5, 5.41) is 13.0. The Bertz CT molecular complexity index is 569. The number of likely N-dealkylation sites (tertiary alicyclic amines) is 1. The summed E-state index contributed by atoms with van der Waals surface area (Å²) in [5.41, 5.74) is 2.00. The second-order valence-corrected chi connectivity index (χ2v) is 7.43. The number of nitrogens with zero attached hydrogens (tertiary/aromatic N) is 2. The van der Waals surface area contributed by atoms with Crippen LogP contribution >= 0.6 is 0 Å². The van der Waals surface area contributed by atoms with Crippen LogP contribution in [0.2, 0.25) is 0 Å². The number of amides is 2. The van der Waals surface area contributed by atoms with E-state index in [0.29, 0.717) is 13.1 Å². The van der Waals surface area contributed by atoms with Gasteiger partial charge in [-0.2, -0.15) is 0 Å². The Balaban J connectivity index is 1.61. The van der Waals surface area contributed by atoms with Crippen LogP contribution in [0.5, 0.6) is 0 Å². The summed E-state index contributed by atoms with van der Waals surface area (Å²) < 4.78 is 0. The molecule has 1 aromatic rings. The highest BCUT2D eigenvalue weighted by molar-refractivity contribution is 5.90. The Morgan fingerprint density at radius 3 is 2.62 bits per heavy atom. The molecule has 0 saturated carbocycles. The van der Waals surface area contributed by atoms with Crippen molar-refractivity contribution >= 4 is 17.4 Å². The Kier molecular flexibility index (Phi) is 5.29. The van der Waals surface area contributed by atoms with E-state index in [1.54, 1.807) is 4.90 Å². The lowest BCUT2D eigenvalue weighted by molar-refractivity contribution is 0.0464. The molecule has 132 valence electrons. The molecule has 0 radical (unpaired) electrons. The van der Waals surface area contributed by atoms with E-state index in [4.69, 9.17) is 0 Å². The molecule has 5 nitrogen and oxygen atoms in total. The van der Waals surface area contributed by atoms with Crippen LogP contribution in [0.25, 0.3) is 0 Å². The van der Waals surface area contributed by atoms with E-state index in [2.05, 4.69) is 29.3 Å². The zero-order chi connectivity index (χ0) is 17.1. The van der Waals surface area contributed by atoms with Gasteiger partial charge in [0, 0.05) is 37.6 Å². The maximum Gasteiger partial charge on any atom is 0.321 e. The van der Waals surface area contributed by atoms with Gasteiger partial charge in [0.15, 0.2) is 0 Å². The second kappa shape index (κ2) is 7.43.